The van der Waals surface area contributed by atoms with Crippen LogP contribution in [0.5, 0.6) is 11.5 Å². The van der Waals surface area contributed by atoms with Crippen LogP contribution in [0.3, 0.4) is 0 Å². The number of carbonyl (C=O) groups is 1. The average Bonchev–Trinajstić information content (AvgIpc) is 3.35. The summed E-state index contributed by atoms with van der Waals surface area (Å²) in [5.41, 5.74) is 1.99. The Balaban J connectivity index is 1.51. The van der Waals surface area contributed by atoms with Crippen molar-refractivity contribution in [2.24, 2.45) is 0 Å². The van der Waals surface area contributed by atoms with E-state index in [4.69, 9.17) is 13.9 Å². The van der Waals surface area contributed by atoms with Gasteiger partial charge >= 0.3 is 0 Å². The molecule has 1 saturated carbocycles. The Morgan fingerprint density at radius 2 is 1.73 bits per heavy atom. The Morgan fingerprint density at radius 3 is 2.43 bits per heavy atom. The number of amides is 1. The summed E-state index contributed by atoms with van der Waals surface area (Å²) in [4.78, 5) is 17.7. The molecule has 30 heavy (non-hydrogen) atoms. The summed E-state index contributed by atoms with van der Waals surface area (Å²) in [7, 11) is 0. The molecule has 7 heteroatoms. The summed E-state index contributed by atoms with van der Waals surface area (Å²) < 4.78 is 17.2. The third kappa shape index (κ3) is 4.20. The first-order chi connectivity index (χ1) is 14.7. The van der Waals surface area contributed by atoms with E-state index >= 15 is 0 Å². The Morgan fingerprint density at radius 1 is 1.03 bits per heavy atom. The van der Waals surface area contributed by atoms with E-state index in [1.165, 1.54) is 0 Å². The molecule has 1 fully saturated rings. The second-order valence-corrected chi connectivity index (χ2v) is 7.24. The lowest BCUT2D eigenvalue weighted by atomic mass is 10.1. The van der Waals surface area contributed by atoms with E-state index in [-0.39, 0.29) is 18.0 Å². The van der Waals surface area contributed by atoms with Gasteiger partial charge in [0.2, 0.25) is 0 Å². The van der Waals surface area contributed by atoms with Crippen LogP contribution in [0.2, 0.25) is 0 Å². The quantitative estimate of drug-likeness (QED) is 0.574. The monoisotopic (exact) mass is 409 g/mol. The highest BCUT2D eigenvalue weighted by molar-refractivity contribution is 6.00. The van der Waals surface area contributed by atoms with Crippen LogP contribution in [0.25, 0.3) is 11.1 Å². The van der Waals surface area contributed by atoms with Crippen molar-refractivity contribution in [3.63, 3.8) is 0 Å². The first-order valence-electron chi connectivity index (χ1n) is 10.5. The maximum Gasteiger partial charge on any atom is 0.295 e. The number of benzene rings is 2. The average molecular weight is 409 g/mol. The second-order valence-electron chi connectivity index (χ2n) is 7.24. The van der Waals surface area contributed by atoms with Crippen molar-refractivity contribution >= 4 is 23.0 Å². The molecule has 1 aliphatic rings. The number of carbonyl (C=O) groups excluding carboxylic acids is 1. The maximum absolute atomic E-state index is 13.2. The van der Waals surface area contributed by atoms with Gasteiger partial charge in [-0.1, -0.05) is 18.2 Å². The van der Waals surface area contributed by atoms with Gasteiger partial charge in [0.25, 0.3) is 11.9 Å². The summed E-state index contributed by atoms with van der Waals surface area (Å²) in [5, 5.41) is 6.53. The molecule has 1 heterocycles. The maximum atomic E-state index is 13.2. The summed E-state index contributed by atoms with van der Waals surface area (Å²) >= 11 is 0. The number of fused-ring (bicyclic) bond motifs is 1. The standard InChI is InChI=1S/C23H27N3O4/c1-3-28-19-13-8-14-20(29-4-2)21(19)22(27)24-15-10-7-11-16(15)25-23-26-17-9-5-6-12-18(17)30-23/h5-6,8-9,12-16H,3-4,7,10-11H2,1-2H3,(H,24,27)(H,25,26)/t15-,16-/m1/s1. The van der Waals surface area contributed by atoms with Gasteiger partial charge in [-0.25, -0.2) is 0 Å². The van der Waals surface area contributed by atoms with Crippen LogP contribution in [0, 0.1) is 0 Å². The Bertz CT molecular complexity index is 959. The van der Waals surface area contributed by atoms with E-state index in [0.29, 0.717) is 36.3 Å². The molecule has 2 atom stereocenters. The molecule has 1 aliphatic carbocycles. The van der Waals surface area contributed by atoms with Crippen LogP contribution >= 0.6 is 0 Å². The van der Waals surface area contributed by atoms with Crippen LogP contribution < -0.4 is 20.1 Å². The minimum absolute atomic E-state index is 0.0387. The third-order valence-corrected chi connectivity index (χ3v) is 5.25. The highest BCUT2D eigenvalue weighted by Gasteiger charge is 2.31. The van der Waals surface area contributed by atoms with E-state index in [1.807, 2.05) is 44.2 Å². The van der Waals surface area contributed by atoms with Gasteiger partial charge in [0.1, 0.15) is 22.6 Å². The first kappa shape index (κ1) is 20.1. The molecule has 2 N–H and O–H groups in total. The molecule has 0 unspecified atom stereocenters. The number of hydrogen-bond acceptors (Lipinski definition) is 6. The van der Waals surface area contributed by atoms with Gasteiger partial charge < -0.3 is 24.5 Å². The molecule has 158 valence electrons. The van der Waals surface area contributed by atoms with E-state index in [9.17, 15) is 4.79 Å². The van der Waals surface area contributed by atoms with Crippen LogP contribution in [0.4, 0.5) is 6.01 Å². The predicted molar refractivity (Wildman–Crippen MR) is 115 cm³/mol. The number of anilines is 1. The van der Waals surface area contributed by atoms with Gasteiger partial charge in [-0.3, -0.25) is 4.79 Å². The molecular formula is C23H27N3O4. The molecule has 0 bridgehead atoms. The largest absolute Gasteiger partial charge is 0.493 e. The topological polar surface area (TPSA) is 85.6 Å². The van der Waals surface area contributed by atoms with Gasteiger partial charge in [0.05, 0.1) is 19.3 Å². The third-order valence-electron chi connectivity index (χ3n) is 5.25. The van der Waals surface area contributed by atoms with Crippen molar-refractivity contribution < 1.29 is 18.7 Å². The molecule has 4 rings (SSSR count). The van der Waals surface area contributed by atoms with Crippen molar-refractivity contribution in [2.45, 2.75) is 45.2 Å². The Kier molecular flexibility index (Phi) is 6.07. The molecule has 2 aromatic carbocycles. The number of para-hydroxylation sites is 2. The Labute approximate surface area is 175 Å². The number of nitrogens with zero attached hydrogens (tertiary/aromatic N) is 1. The summed E-state index contributed by atoms with van der Waals surface area (Å²) in [6, 6.07) is 13.5. The highest BCUT2D eigenvalue weighted by Crippen LogP contribution is 2.30. The van der Waals surface area contributed by atoms with Crippen molar-refractivity contribution in [1.29, 1.82) is 0 Å². The fraction of sp³-hybridized carbons (Fsp3) is 0.391. The van der Waals surface area contributed by atoms with Gasteiger partial charge in [0, 0.05) is 6.04 Å². The van der Waals surface area contributed by atoms with Gasteiger partial charge in [-0.2, -0.15) is 4.98 Å². The summed E-state index contributed by atoms with van der Waals surface area (Å²) in [5.74, 6) is 0.864. The fourth-order valence-corrected chi connectivity index (χ4v) is 3.93. The molecule has 0 saturated heterocycles. The van der Waals surface area contributed by atoms with Crippen molar-refractivity contribution in [1.82, 2.24) is 10.3 Å². The highest BCUT2D eigenvalue weighted by atomic mass is 16.5. The zero-order valence-corrected chi connectivity index (χ0v) is 17.3. The van der Waals surface area contributed by atoms with E-state index in [2.05, 4.69) is 15.6 Å². The summed E-state index contributed by atoms with van der Waals surface area (Å²) in [6.45, 7) is 4.74. The lowest BCUT2D eigenvalue weighted by molar-refractivity contribution is 0.0927. The number of oxazole rings is 1. The molecule has 0 radical (unpaired) electrons. The second kappa shape index (κ2) is 9.07. The van der Waals surface area contributed by atoms with Crippen molar-refractivity contribution in [3.8, 4) is 11.5 Å². The first-order valence-corrected chi connectivity index (χ1v) is 10.5. The zero-order chi connectivity index (χ0) is 20.9. The molecule has 1 aromatic heterocycles. The SMILES string of the molecule is CCOc1cccc(OCC)c1C(=O)N[C@@H]1CCC[C@H]1Nc1nc2ccccc2o1. The van der Waals surface area contributed by atoms with Gasteiger partial charge in [-0.15, -0.1) is 0 Å². The Hall–Kier alpha value is -3.22. The number of aromatic nitrogens is 1. The van der Waals surface area contributed by atoms with Crippen molar-refractivity contribution in [2.75, 3.05) is 18.5 Å². The van der Waals surface area contributed by atoms with Crippen LogP contribution in [-0.4, -0.2) is 36.2 Å². The summed E-state index contributed by atoms with van der Waals surface area (Å²) in [6.07, 6.45) is 2.81. The minimum Gasteiger partial charge on any atom is -0.493 e. The van der Waals surface area contributed by atoms with E-state index < -0.39 is 0 Å². The number of ether oxygens (including phenoxy) is 2. The molecule has 7 nitrogen and oxygen atoms in total. The van der Waals surface area contributed by atoms with E-state index in [0.717, 1.165) is 30.4 Å². The number of hydrogen-bond donors (Lipinski definition) is 2. The normalized spacial score (nSPS) is 18.3. The lowest BCUT2D eigenvalue weighted by Gasteiger charge is -2.23. The van der Waals surface area contributed by atoms with Gasteiger partial charge in [0.15, 0.2) is 5.58 Å². The molecular weight excluding hydrogens is 382 g/mol. The van der Waals surface area contributed by atoms with Crippen LogP contribution in [0.1, 0.15) is 43.5 Å². The van der Waals surface area contributed by atoms with E-state index in [1.54, 1.807) is 12.1 Å². The number of rotatable bonds is 8. The zero-order valence-electron chi connectivity index (χ0n) is 17.3. The molecule has 0 spiro atoms. The number of nitrogens with one attached hydrogen (secondary N) is 2. The van der Waals surface area contributed by atoms with Crippen LogP contribution in [-0.2, 0) is 0 Å². The fourth-order valence-electron chi connectivity index (χ4n) is 3.93. The lowest BCUT2D eigenvalue weighted by Crippen LogP contribution is -2.43. The smallest absolute Gasteiger partial charge is 0.295 e. The van der Waals surface area contributed by atoms with Crippen LogP contribution in [0.15, 0.2) is 46.9 Å². The minimum atomic E-state index is -0.196. The predicted octanol–water partition coefficient (Wildman–Crippen LogP) is 4.39. The molecule has 0 aliphatic heterocycles. The molecule has 3 aromatic rings. The molecule has 1 amide bonds. The van der Waals surface area contributed by atoms with Gasteiger partial charge in [-0.05, 0) is 57.4 Å². The van der Waals surface area contributed by atoms with Crippen molar-refractivity contribution in [3.05, 3.63) is 48.0 Å².